The van der Waals surface area contributed by atoms with E-state index in [4.69, 9.17) is 5.73 Å². The van der Waals surface area contributed by atoms with Gasteiger partial charge in [-0.2, -0.15) is 0 Å². The summed E-state index contributed by atoms with van der Waals surface area (Å²) in [5, 5.41) is 0. The second-order valence-electron chi connectivity index (χ2n) is 4.19. The molecule has 1 fully saturated rings. The van der Waals surface area contributed by atoms with Gasteiger partial charge in [0.15, 0.2) is 0 Å². The van der Waals surface area contributed by atoms with E-state index in [0.29, 0.717) is 0 Å². The first-order valence-corrected chi connectivity index (χ1v) is 5.30. The van der Waals surface area contributed by atoms with Gasteiger partial charge in [-0.15, -0.1) is 0 Å². The normalized spacial score (nSPS) is 16.3. The molecule has 1 heterocycles. The van der Waals surface area contributed by atoms with Gasteiger partial charge in [-0.05, 0) is 43.9 Å². The fourth-order valence-corrected chi connectivity index (χ4v) is 2.16. The topological polar surface area (TPSA) is 29.3 Å². The highest BCUT2D eigenvalue weighted by atomic mass is 15.1. The Bertz CT molecular complexity index is 338. The van der Waals surface area contributed by atoms with Crippen molar-refractivity contribution in [2.75, 3.05) is 23.7 Å². The Morgan fingerprint density at radius 3 is 2.36 bits per heavy atom. The van der Waals surface area contributed by atoms with Crippen LogP contribution in [0, 0.1) is 13.8 Å². The lowest BCUT2D eigenvalue weighted by Crippen LogP contribution is -2.19. The molecule has 0 aromatic heterocycles. The Morgan fingerprint density at radius 1 is 1.07 bits per heavy atom. The van der Waals surface area contributed by atoms with Crippen LogP contribution in [-0.4, -0.2) is 13.1 Å². The summed E-state index contributed by atoms with van der Waals surface area (Å²) in [7, 11) is 0. The molecule has 2 N–H and O–H groups in total. The van der Waals surface area contributed by atoms with Crippen molar-refractivity contribution in [1.82, 2.24) is 0 Å². The first kappa shape index (κ1) is 9.38. The summed E-state index contributed by atoms with van der Waals surface area (Å²) in [5.41, 5.74) is 10.7. The highest BCUT2D eigenvalue weighted by molar-refractivity contribution is 5.64. The van der Waals surface area contributed by atoms with Crippen molar-refractivity contribution in [3.63, 3.8) is 0 Å². The molecule has 0 bridgehead atoms. The van der Waals surface area contributed by atoms with Gasteiger partial charge in [-0.1, -0.05) is 6.07 Å². The average molecular weight is 190 g/mol. The Morgan fingerprint density at radius 2 is 1.71 bits per heavy atom. The SMILES string of the molecule is Cc1cc(C)c(N2CCCC2)cc1N. The van der Waals surface area contributed by atoms with Crippen molar-refractivity contribution in [2.45, 2.75) is 26.7 Å². The van der Waals surface area contributed by atoms with Crippen molar-refractivity contribution in [3.05, 3.63) is 23.3 Å². The third-order valence-electron chi connectivity index (χ3n) is 3.03. The van der Waals surface area contributed by atoms with Gasteiger partial charge in [0.1, 0.15) is 0 Å². The maximum absolute atomic E-state index is 5.93. The Balaban J connectivity index is 2.37. The molecule has 0 aliphatic carbocycles. The van der Waals surface area contributed by atoms with Crippen LogP contribution in [0.2, 0.25) is 0 Å². The molecule has 0 saturated carbocycles. The summed E-state index contributed by atoms with van der Waals surface area (Å²) in [4.78, 5) is 2.44. The zero-order valence-corrected chi connectivity index (χ0v) is 9.01. The zero-order chi connectivity index (χ0) is 10.1. The highest BCUT2D eigenvalue weighted by Gasteiger charge is 2.14. The monoisotopic (exact) mass is 190 g/mol. The van der Waals surface area contributed by atoms with Crippen LogP contribution >= 0.6 is 0 Å². The molecular formula is C12H18N2. The van der Waals surface area contributed by atoms with Crippen LogP contribution in [0.3, 0.4) is 0 Å². The summed E-state index contributed by atoms with van der Waals surface area (Å²) < 4.78 is 0. The third-order valence-corrected chi connectivity index (χ3v) is 3.03. The number of aryl methyl sites for hydroxylation is 2. The molecule has 1 aliphatic rings. The van der Waals surface area contributed by atoms with E-state index in [-0.39, 0.29) is 0 Å². The Hall–Kier alpha value is -1.18. The number of nitrogens with two attached hydrogens (primary N) is 1. The lowest BCUT2D eigenvalue weighted by atomic mass is 10.1. The maximum Gasteiger partial charge on any atom is 0.0416 e. The van der Waals surface area contributed by atoms with Crippen LogP contribution < -0.4 is 10.6 Å². The quantitative estimate of drug-likeness (QED) is 0.689. The summed E-state index contributed by atoms with van der Waals surface area (Å²) >= 11 is 0. The number of hydrogen-bond acceptors (Lipinski definition) is 2. The summed E-state index contributed by atoms with van der Waals surface area (Å²) in [6, 6.07) is 4.30. The van der Waals surface area contributed by atoms with E-state index in [1.165, 1.54) is 42.7 Å². The van der Waals surface area contributed by atoms with Gasteiger partial charge in [-0.3, -0.25) is 0 Å². The van der Waals surface area contributed by atoms with Gasteiger partial charge in [0, 0.05) is 24.5 Å². The Labute approximate surface area is 85.7 Å². The minimum atomic E-state index is 0.914. The number of hydrogen-bond donors (Lipinski definition) is 1. The molecule has 76 valence electrons. The first-order valence-electron chi connectivity index (χ1n) is 5.30. The van der Waals surface area contributed by atoms with Gasteiger partial charge >= 0.3 is 0 Å². The Kier molecular flexibility index (Phi) is 2.36. The van der Waals surface area contributed by atoms with E-state index in [9.17, 15) is 0 Å². The summed E-state index contributed by atoms with van der Waals surface area (Å²) in [6.07, 6.45) is 2.63. The van der Waals surface area contributed by atoms with E-state index in [0.717, 1.165) is 5.69 Å². The molecule has 0 unspecified atom stereocenters. The van der Waals surface area contributed by atoms with Crippen LogP contribution in [0.15, 0.2) is 12.1 Å². The molecule has 0 amide bonds. The molecule has 0 spiro atoms. The third kappa shape index (κ3) is 1.57. The van der Waals surface area contributed by atoms with Crippen LogP contribution in [-0.2, 0) is 0 Å². The molecule has 1 saturated heterocycles. The van der Waals surface area contributed by atoms with Crippen molar-refractivity contribution in [3.8, 4) is 0 Å². The van der Waals surface area contributed by atoms with Crippen LogP contribution in [0.5, 0.6) is 0 Å². The van der Waals surface area contributed by atoms with Gasteiger partial charge in [0.25, 0.3) is 0 Å². The van der Waals surface area contributed by atoms with Gasteiger partial charge < -0.3 is 10.6 Å². The molecule has 1 aromatic carbocycles. The highest BCUT2D eigenvalue weighted by Crippen LogP contribution is 2.28. The number of nitrogens with zero attached hydrogens (tertiary/aromatic N) is 1. The van der Waals surface area contributed by atoms with E-state index in [1.54, 1.807) is 0 Å². The number of nitrogen functional groups attached to an aromatic ring is 1. The number of benzene rings is 1. The number of rotatable bonds is 1. The minimum Gasteiger partial charge on any atom is -0.398 e. The maximum atomic E-state index is 5.93. The molecular weight excluding hydrogens is 172 g/mol. The molecule has 1 aromatic rings. The van der Waals surface area contributed by atoms with Crippen molar-refractivity contribution < 1.29 is 0 Å². The second kappa shape index (κ2) is 3.52. The number of anilines is 2. The van der Waals surface area contributed by atoms with Gasteiger partial charge in [-0.25, -0.2) is 0 Å². The smallest absolute Gasteiger partial charge is 0.0416 e. The average Bonchev–Trinajstić information content (AvgIpc) is 2.64. The van der Waals surface area contributed by atoms with Gasteiger partial charge in [0.05, 0.1) is 0 Å². The van der Waals surface area contributed by atoms with E-state index >= 15 is 0 Å². The first-order chi connectivity index (χ1) is 6.68. The van der Waals surface area contributed by atoms with Crippen LogP contribution in [0.4, 0.5) is 11.4 Å². The predicted octanol–water partition coefficient (Wildman–Crippen LogP) is 2.49. The predicted molar refractivity (Wildman–Crippen MR) is 61.8 cm³/mol. The van der Waals surface area contributed by atoms with Crippen molar-refractivity contribution >= 4 is 11.4 Å². The molecule has 2 heteroatoms. The fraction of sp³-hybridized carbons (Fsp3) is 0.500. The minimum absolute atomic E-state index is 0.914. The molecule has 2 nitrogen and oxygen atoms in total. The standard InChI is InChI=1S/C12H18N2/c1-9-7-10(2)12(8-11(9)13)14-5-3-4-6-14/h7-8H,3-6,13H2,1-2H3. The van der Waals surface area contributed by atoms with E-state index in [1.807, 2.05) is 0 Å². The second-order valence-corrected chi connectivity index (χ2v) is 4.19. The summed E-state index contributed by atoms with van der Waals surface area (Å²) in [6.45, 7) is 6.60. The molecule has 1 aliphatic heterocycles. The molecule has 0 atom stereocenters. The fourth-order valence-electron chi connectivity index (χ4n) is 2.16. The molecule has 0 radical (unpaired) electrons. The zero-order valence-electron chi connectivity index (χ0n) is 9.01. The van der Waals surface area contributed by atoms with E-state index in [2.05, 4.69) is 30.9 Å². The van der Waals surface area contributed by atoms with Crippen LogP contribution in [0.25, 0.3) is 0 Å². The van der Waals surface area contributed by atoms with Gasteiger partial charge in [0.2, 0.25) is 0 Å². The summed E-state index contributed by atoms with van der Waals surface area (Å²) in [5.74, 6) is 0. The lowest BCUT2D eigenvalue weighted by molar-refractivity contribution is 0.949. The van der Waals surface area contributed by atoms with Crippen molar-refractivity contribution in [2.24, 2.45) is 0 Å². The lowest BCUT2D eigenvalue weighted by Gasteiger charge is -2.21. The molecule has 14 heavy (non-hydrogen) atoms. The van der Waals surface area contributed by atoms with E-state index < -0.39 is 0 Å². The van der Waals surface area contributed by atoms with Crippen LogP contribution in [0.1, 0.15) is 24.0 Å². The largest absolute Gasteiger partial charge is 0.398 e. The molecule has 2 rings (SSSR count). The van der Waals surface area contributed by atoms with Crippen molar-refractivity contribution in [1.29, 1.82) is 0 Å².